The van der Waals surface area contributed by atoms with Crippen LogP contribution in [0.15, 0.2) is 36.5 Å². The van der Waals surface area contributed by atoms with Crippen LogP contribution in [0.4, 0.5) is 0 Å². The van der Waals surface area contributed by atoms with Gasteiger partial charge in [0.1, 0.15) is 12.4 Å². The van der Waals surface area contributed by atoms with Crippen molar-refractivity contribution in [2.24, 2.45) is 0 Å². The van der Waals surface area contributed by atoms with Crippen LogP contribution in [0.25, 0.3) is 0 Å². The normalized spacial score (nSPS) is 11.0. The van der Waals surface area contributed by atoms with Gasteiger partial charge in [-0.2, -0.15) is 0 Å². The molecule has 130 valence electrons. The summed E-state index contributed by atoms with van der Waals surface area (Å²) in [6, 6.07) is 10.3. The SMILES string of the molecule is CCN(C)CCNCc1cc(C)c(OCc2ccccn2)c(C)c1. The molecular formula is C20H29N3O. The van der Waals surface area contributed by atoms with Crippen molar-refractivity contribution in [1.82, 2.24) is 15.2 Å². The van der Waals surface area contributed by atoms with Crippen LogP contribution >= 0.6 is 0 Å². The van der Waals surface area contributed by atoms with E-state index >= 15 is 0 Å². The van der Waals surface area contributed by atoms with E-state index in [1.165, 1.54) is 16.7 Å². The number of aromatic nitrogens is 1. The van der Waals surface area contributed by atoms with Crippen LogP contribution < -0.4 is 10.1 Å². The molecule has 2 aromatic rings. The minimum absolute atomic E-state index is 0.503. The predicted octanol–water partition coefficient (Wildman–Crippen LogP) is 3.32. The number of aryl methyl sites for hydroxylation is 2. The zero-order chi connectivity index (χ0) is 17.4. The lowest BCUT2D eigenvalue weighted by atomic mass is 10.1. The lowest BCUT2D eigenvalue weighted by Crippen LogP contribution is -2.28. The monoisotopic (exact) mass is 327 g/mol. The number of rotatable bonds is 9. The van der Waals surface area contributed by atoms with Crippen molar-refractivity contribution in [2.75, 3.05) is 26.7 Å². The zero-order valence-electron chi connectivity index (χ0n) is 15.3. The fourth-order valence-corrected chi connectivity index (χ4v) is 2.66. The molecule has 0 radical (unpaired) electrons. The summed E-state index contributed by atoms with van der Waals surface area (Å²) in [6.07, 6.45) is 1.79. The molecule has 1 heterocycles. The van der Waals surface area contributed by atoms with Gasteiger partial charge in [-0.05, 0) is 56.3 Å². The number of nitrogens with one attached hydrogen (secondary N) is 1. The van der Waals surface area contributed by atoms with Crippen LogP contribution in [0.3, 0.4) is 0 Å². The lowest BCUT2D eigenvalue weighted by molar-refractivity contribution is 0.297. The maximum absolute atomic E-state index is 5.99. The molecular weight excluding hydrogens is 298 g/mol. The second-order valence-electron chi connectivity index (χ2n) is 6.24. The molecule has 0 amide bonds. The molecule has 0 unspecified atom stereocenters. The molecule has 1 aromatic carbocycles. The molecule has 0 saturated carbocycles. The molecule has 2 rings (SSSR count). The van der Waals surface area contributed by atoms with E-state index in [1.54, 1.807) is 6.20 Å². The van der Waals surface area contributed by atoms with Crippen molar-refractivity contribution in [3.63, 3.8) is 0 Å². The first-order chi connectivity index (χ1) is 11.6. The van der Waals surface area contributed by atoms with Gasteiger partial charge in [0.2, 0.25) is 0 Å². The van der Waals surface area contributed by atoms with Crippen LogP contribution in [0.1, 0.15) is 29.3 Å². The minimum Gasteiger partial charge on any atom is -0.487 e. The number of hydrogen-bond donors (Lipinski definition) is 1. The fourth-order valence-electron chi connectivity index (χ4n) is 2.66. The highest BCUT2D eigenvalue weighted by Gasteiger charge is 2.07. The Balaban J connectivity index is 1.90. The summed E-state index contributed by atoms with van der Waals surface area (Å²) in [5.74, 6) is 0.968. The summed E-state index contributed by atoms with van der Waals surface area (Å²) in [7, 11) is 2.14. The number of pyridine rings is 1. The van der Waals surface area contributed by atoms with Crippen molar-refractivity contribution >= 4 is 0 Å². The topological polar surface area (TPSA) is 37.4 Å². The Hall–Kier alpha value is -1.91. The van der Waals surface area contributed by atoms with E-state index in [-0.39, 0.29) is 0 Å². The molecule has 0 spiro atoms. The van der Waals surface area contributed by atoms with Crippen molar-refractivity contribution < 1.29 is 4.74 Å². The highest BCUT2D eigenvalue weighted by Crippen LogP contribution is 2.25. The first-order valence-electron chi connectivity index (χ1n) is 8.62. The van der Waals surface area contributed by atoms with Crippen LogP contribution in [-0.4, -0.2) is 36.6 Å². The van der Waals surface area contributed by atoms with E-state index in [2.05, 4.69) is 55.2 Å². The van der Waals surface area contributed by atoms with Crippen LogP contribution in [-0.2, 0) is 13.2 Å². The molecule has 0 aliphatic heterocycles. The summed E-state index contributed by atoms with van der Waals surface area (Å²) in [5, 5.41) is 3.51. The maximum atomic E-state index is 5.99. The largest absolute Gasteiger partial charge is 0.487 e. The molecule has 0 aliphatic rings. The van der Waals surface area contributed by atoms with Gasteiger partial charge in [-0.3, -0.25) is 4.98 Å². The van der Waals surface area contributed by atoms with E-state index in [0.717, 1.165) is 37.6 Å². The maximum Gasteiger partial charge on any atom is 0.130 e. The summed E-state index contributed by atoms with van der Waals surface area (Å²) < 4.78 is 5.99. The van der Waals surface area contributed by atoms with E-state index < -0.39 is 0 Å². The number of nitrogens with zero attached hydrogens (tertiary/aromatic N) is 2. The van der Waals surface area contributed by atoms with E-state index in [1.807, 2.05) is 18.2 Å². The Kier molecular flexibility index (Phi) is 7.22. The second kappa shape index (κ2) is 9.40. The number of hydrogen-bond acceptors (Lipinski definition) is 4. The molecule has 0 saturated heterocycles. The van der Waals surface area contributed by atoms with Crippen LogP contribution in [0, 0.1) is 13.8 Å². The first-order valence-corrected chi connectivity index (χ1v) is 8.62. The molecule has 0 atom stereocenters. The summed E-state index contributed by atoms with van der Waals surface area (Å²) in [5.41, 5.74) is 4.60. The zero-order valence-corrected chi connectivity index (χ0v) is 15.3. The average Bonchev–Trinajstić information content (AvgIpc) is 2.58. The first kappa shape index (κ1) is 18.4. The quantitative estimate of drug-likeness (QED) is 0.717. The molecule has 0 bridgehead atoms. The minimum atomic E-state index is 0.503. The van der Waals surface area contributed by atoms with E-state index in [4.69, 9.17) is 4.74 Å². The fraction of sp³-hybridized carbons (Fsp3) is 0.450. The van der Waals surface area contributed by atoms with Crippen LogP contribution in [0.5, 0.6) is 5.75 Å². The molecule has 24 heavy (non-hydrogen) atoms. The van der Waals surface area contributed by atoms with Gasteiger partial charge in [0, 0.05) is 25.8 Å². The van der Waals surface area contributed by atoms with Crippen molar-refractivity contribution in [3.05, 3.63) is 58.9 Å². The third-order valence-corrected chi connectivity index (χ3v) is 4.15. The van der Waals surface area contributed by atoms with E-state index in [9.17, 15) is 0 Å². The average molecular weight is 327 g/mol. The standard InChI is InChI=1S/C20H29N3O/c1-5-23(4)11-10-21-14-18-12-16(2)20(17(3)13-18)24-15-19-8-6-7-9-22-19/h6-9,12-13,21H,5,10-11,14-15H2,1-4H3. The van der Waals surface area contributed by atoms with Crippen molar-refractivity contribution in [3.8, 4) is 5.75 Å². The third kappa shape index (κ3) is 5.62. The number of ether oxygens (including phenoxy) is 1. The molecule has 4 heteroatoms. The smallest absolute Gasteiger partial charge is 0.130 e. The lowest BCUT2D eigenvalue weighted by Gasteiger charge is -2.16. The highest BCUT2D eigenvalue weighted by atomic mass is 16.5. The highest BCUT2D eigenvalue weighted by molar-refractivity contribution is 5.43. The van der Waals surface area contributed by atoms with Gasteiger partial charge in [-0.1, -0.05) is 25.1 Å². The number of benzene rings is 1. The summed E-state index contributed by atoms with van der Waals surface area (Å²) in [4.78, 5) is 6.61. The van der Waals surface area contributed by atoms with Gasteiger partial charge in [-0.25, -0.2) is 0 Å². The molecule has 1 N–H and O–H groups in total. The molecule has 0 aliphatic carbocycles. The Bertz CT molecular complexity index is 605. The van der Waals surface area contributed by atoms with Gasteiger partial charge in [0.05, 0.1) is 5.69 Å². The molecule has 4 nitrogen and oxygen atoms in total. The Morgan fingerprint density at radius 2 is 1.92 bits per heavy atom. The van der Waals surface area contributed by atoms with Crippen LogP contribution in [0.2, 0.25) is 0 Å². The van der Waals surface area contributed by atoms with E-state index in [0.29, 0.717) is 6.61 Å². The van der Waals surface area contributed by atoms with Crippen molar-refractivity contribution in [2.45, 2.75) is 33.9 Å². The van der Waals surface area contributed by atoms with Gasteiger partial charge in [-0.15, -0.1) is 0 Å². The van der Waals surface area contributed by atoms with Crippen molar-refractivity contribution in [1.29, 1.82) is 0 Å². The number of likely N-dealkylation sites (N-methyl/N-ethyl adjacent to an activating group) is 1. The summed E-state index contributed by atoms with van der Waals surface area (Å²) in [6.45, 7) is 10.9. The predicted molar refractivity (Wildman–Crippen MR) is 99.4 cm³/mol. The third-order valence-electron chi connectivity index (χ3n) is 4.15. The van der Waals surface area contributed by atoms with Gasteiger partial charge < -0.3 is 15.0 Å². The van der Waals surface area contributed by atoms with Gasteiger partial charge in [0.25, 0.3) is 0 Å². The van der Waals surface area contributed by atoms with Gasteiger partial charge >= 0.3 is 0 Å². The second-order valence-corrected chi connectivity index (χ2v) is 6.24. The Morgan fingerprint density at radius 1 is 1.17 bits per heavy atom. The molecule has 1 aromatic heterocycles. The molecule has 0 fully saturated rings. The summed E-state index contributed by atoms with van der Waals surface area (Å²) >= 11 is 0. The Morgan fingerprint density at radius 3 is 2.54 bits per heavy atom. The van der Waals surface area contributed by atoms with Gasteiger partial charge in [0.15, 0.2) is 0 Å². The Labute approximate surface area is 145 Å².